The smallest absolute Gasteiger partial charge is 0.475 e. The number of carboxylic acids is 1. The van der Waals surface area contributed by atoms with E-state index in [0.717, 1.165) is 6.07 Å². The number of nitrogens with two attached hydrogens (primary N) is 2. The first kappa shape index (κ1) is 25.0. The Hall–Kier alpha value is -3.22. The quantitative estimate of drug-likeness (QED) is 0.452. The van der Waals surface area contributed by atoms with E-state index in [1.807, 2.05) is 6.92 Å². The summed E-state index contributed by atoms with van der Waals surface area (Å²) in [5.41, 5.74) is 5.18. The van der Waals surface area contributed by atoms with Crippen LogP contribution in [0.3, 0.4) is 0 Å². The molecule has 0 amide bonds. The van der Waals surface area contributed by atoms with E-state index < -0.39 is 29.2 Å². The molecule has 1 atom stereocenters. The van der Waals surface area contributed by atoms with E-state index in [9.17, 15) is 27.2 Å². The van der Waals surface area contributed by atoms with E-state index in [0.29, 0.717) is 29.8 Å². The highest BCUT2D eigenvalue weighted by Gasteiger charge is 2.38. The molecule has 0 saturated carbocycles. The Labute approximate surface area is 183 Å². The van der Waals surface area contributed by atoms with Gasteiger partial charge in [-0.2, -0.15) is 17.8 Å². The van der Waals surface area contributed by atoms with Crippen molar-refractivity contribution in [3.63, 3.8) is 0 Å². The number of benzene rings is 1. The fourth-order valence-corrected chi connectivity index (χ4v) is 3.43. The standard InChI is InChI=1S/C16H19ClFN5O2.C2HF3O2/c1-3-8(2)22-13-10(15(24)23(20)16(22)25)6-11(18)14(12(13)17)21-5-4-9(19)7-21;3-2(4,5)1(6)7/h6-8H,3-5,19-20H2,1-2H3;(H,6,7)/t8-;/m0./s1. The fourth-order valence-electron chi connectivity index (χ4n) is 3.04. The second kappa shape index (κ2) is 9.10. The molecule has 1 aromatic carbocycles. The molecule has 0 spiro atoms. The first-order valence-electron chi connectivity index (χ1n) is 9.19. The number of nitrogens with zero attached hydrogens (tertiary/aromatic N) is 3. The lowest BCUT2D eigenvalue weighted by atomic mass is 10.1. The molecule has 14 heteroatoms. The fraction of sp³-hybridized carbons (Fsp3) is 0.389. The third-order valence-electron chi connectivity index (χ3n) is 4.79. The van der Waals surface area contributed by atoms with Gasteiger partial charge in [-0.3, -0.25) is 9.36 Å². The molecule has 3 rings (SSSR count). The molecule has 1 aliphatic rings. The van der Waals surface area contributed by atoms with Crippen molar-refractivity contribution in [2.24, 2.45) is 5.73 Å². The SMILES string of the molecule is CC[C@H](C)n1c(=O)n(N)c(=O)c2cc(F)c(N3C=C(N)CC3)c(Cl)c21.O=C(O)C(F)(F)F. The average molecular weight is 482 g/mol. The Bertz CT molecular complexity index is 1210. The van der Waals surface area contributed by atoms with Gasteiger partial charge >= 0.3 is 17.8 Å². The average Bonchev–Trinajstić information content (AvgIpc) is 3.12. The maximum atomic E-state index is 14.7. The Morgan fingerprint density at radius 3 is 2.34 bits per heavy atom. The number of hydrogen-bond acceptors (Lipinski definition) is 6. The van der Waals surface area contributed by atoms with Gasteiger partial charge in [0.15, 0.2) is 0 Å². The third kappa shape index (κ3) is 4.66. The molecule has 176 valence electrons. The van der Waals surface area contributed by atoms with Gasteiger partial charge in [-0.25, -0.2) is 14.0 Å². The lowest BCUT2D eigenvalue weighted by Crippen LogP contribution is -2.45. The molecule has 0 aliphatic carbocycles. The minimum atomic E-state index is -5.08. The largest absolute Gasteiger partial charge is 0.490 e. The van der Waals surface area contributed by atoms with Crippen molar-refractivity contribution in [3.8, 4) is 0 Å². The predicted molar refractivity (Wildman–Crippen MR) is 111 cm³/mol. The van der Waals surface area contributed by atoms with E-state index >= 15 is 0 Å². The monoisotopic (exact) mass is 481 g/mol. The van der Waals surface area contributed by atoms with Crippen LogP contribution in [0.15, 0.2) is 27.6 Å². The summed E-state index contributed by atoms with van der Waals surface area (Å²) >= 11 is 6.48. The molecule has 1 aromatic heterocycles. The van der Waals surface area contributed by atoms with Gasteiger partial charge in [0.25, 0.3) is 5.56 Å². The predicted octanol–water partition coefficient (Wildman–Crippen LogP) is 2.28. The van der Waals surface area contributed by atoms with Crippen molar-refractivity contribution >= 4 is 34.2 Å². The molecule has 9 nitrogen and oxygen atoms in total. The summed E-state index contributed by atoms with van der Waals surface area (Å²) in [7, 11) is 0. The van der Waals surface area contributed by atoms with Crippen molar-refractivity contribution in [1.82, 2.24) is 9.24 Å². The van der Waals surface area contributed by atoms with E-state index in [2.05, 4.69) is 0 Å². The van der Waals surface area contributed by atoms with Gasteiger partial charge in [0.05, 0.1) is 21.6 Å². The number of nitrogen functional groups attached to an aromatic ring is 1. The molecular formula is C18H20ClF4N5O4. The van der Waals surface area contributed by atoms with Crippen molar-refractivity contribution in [2.75, 3.05) is 17.3 Å². The summed E-state index contributed by atoms with van der Waals surface area (Å²) in [6.07, 6.45) is -2.30. The van der Waals surface area contributed by atoms with Crippen LogP contribution in [-0.4, -0.2) is 33.0 Å². The molecule has 2 aromatic rings. The van der Waals surface area contributed by atoms with Crippen LogP contribution in [0.4, 0.5) is 23.2 Å². The minimum absolute atomic E-state index is 0.00366. The van der Waals surface area contributed by atoms with Crippen LogP contribution in [0.5, 0.6) is 0 Å². The van der Waals surface area contributed by atoms with Gasteiger partial charge < -0.3 is 21.6 Å². The highest BCUT2D eigenvalue weighted by Crippen LogP contribution is 2.37. The van der Waals surface area contributed by atoms with Gasteiger partial charge in [0.1, 0.15) is 5.82 Å². The highest BCUT2D eigenvalue weighted by atomic mass is 35.5. The number of hydrogen-bond donors (Lipinski definition) is 3. The second-order valence-electron chi connectivity index (χ2n) is 6.95. The topological polar surface area (TPSA) is 137 Å². The summed E-state index contributed by atoms with van der Waals surface area (Å²) in [4.78, 5) is 35.4. The molecule has 0 bridgehead atoms. The third-order valence-corrected chi connectivity index (χ3v) is 5.15. The molecule has 5 N–H and O–H groups in total. The van der Waals surface area contributed by atoms with Crippen LogP contribution in [0.25, 0.3) is 10.9 Å². The number of rotatable bonds is 3. The van der Waals surface area contributed by atoms with Crippen molar-refractivity contribution < 1.29 is 27.5 Å². The number of aliphatic carboxylic acids is 1. The number of carbonyl (C=O) groups is 1. The Morgan fingerprint density at radius 1 is 1.34 bits per heavy atom. The number of fused-ring (bicyclic) bond motifs is 1. The van der Waals surface area contributed by atoms with E-state index in [1.165, 1.54) is 4.57 Å². The second-order valence-corrected chi connectivity index (χ2v) is 7.33. The summed E-state index contributed by atoms with van der Waals surface area (Å²) in [5, 5.41) is 7.08. The van der Waals surface area contributed by atoms with Crippen LogP contribution in [0.1, 0.15) is 32.7 Å². The number of halogens is 5. The normalized spacial score (nSPS) is 14.7. The minimum Gasteiger partial charge on any atom is -0.475 e. The molecule has 32 heavy (non-hydrogen) atoms. The van der Waals surface area contributed by atoms with Gasteiger partial charge in [-0.15, -0.1) is 0 Å². The van der Waals surface area contributed by atoms with Crippen LogP contribution >= 0.6 is 11.6 Å². The van der Waals surface area contributed by atoms with Crippen LogP contribution in [0.2, 0.25) is 5.02 Å². The van der Waals surface area contributed by atoms with Crippen LogP contribution in [-0.2, 0) is 4.79 Å². The van der Waals surface area contributed by atoms with Gasteiger partial charge in [-0.05, 0) is 19.4 Å². The molecular weight excluding hydrogens is 462 g/mol. The van der Waals surface area contributed by atoms with Gasteiger partial charge in [-0.1, -0.05) is 18.5 Å². The number of aromatic nitrogens is 2. The Balaban J connectivity index is 0.000000451. The number of carboxylic acid groups (broad SMARTS) is 1. The van der Waals surface area contributed by atoms with E-state index in [-0.39, 0.29) is 27.7 Å². The lowest BCUT2D eigenvalue weighted by Gasteiger charge is -2.23. The molecule has 0 saturated heterocycles. The Kier molecular flexibility index (Phi) is 7.13. The van der Waals surface area contributed by atoms with Crippen molar-refractivity contribution in [1.29, 1.82) is 0 Å². The molecule has 1 aliphatic heterocycles. The van der Waals surface area contributed by atoms with Crippen molar-refractivity contribution in [3.05, 3.63) is 49.6 Å². The zero-order valence-corrected chi connectivity index (χ0v) is 17.7. The van der Waals surface area contributed by atoms with Crippen LogP contribution in [0, 0.1) is 5.82 Å². The zero-order chi connectivity index (χ0) is 24.5. The highest BCUT2D eigenvalue weighted by molar-refractivity contribution is 6.38. The maximum Gasteiger partial charge on any atom is 0.490 e. The summed E-state index contributed by atoms with van der Waals surface area (Å²) in [6.45, 7) is 4.16. The molecule has 0 fully saturated rings. The van der Waals surface area contributed by atoms with Crippen molar-refractivity contribution in [2.45, 2.75) is 38.9 Å². The number of anilines is 1. The first-order valence-corrected chi connectivity index (χ1v) is 9.57. The summed E-state index contributed by atoms with van der Waals surface area (Å²) in [6, 6.07) is 0.795. The first-order chi connectivity index (χ1) is 14.7. The zero-order valence-electron chi connectivity index (χ0n) is 16.9. The molecule has 0 radical (unpaired) electrons. The molecule has 2 heterocycles. The maximum absolute atomic E-state index is 14.7. The van der Waals surface area contributed by atoms with Gasteiger partial charge in [0, 0.05) is 30.9 Å². The lowest BCUT2D eigenvalue weighted by molar-refractivity contribution is -0.192. The summed E-state index contributed by atoms with van der Waals surface area (Å²) in [5.74, 6) is 2.16. The van der Waals surface area contributed by atoms with Crippen LogP contribution < -0.4 is 27.7 Å². The molecule has 0 unspecified atom stereocenters. The van der Waals surface area contributed by atoms with E-state index in [4.69, 9.17) is 33.1 Å². The van der Waals surface area contributed by atoms with Gasteiger partial charge in [0.2, 0.25) is 0 Å². The van der Waals surface area contributed by atoms with E-state index in [1.54, 1.807) is 18.0 Å². The summed E-state index contributed by atoms with van der Waals surface area (Å²) < 4.78 is 48.3. The number of alkyl halides is 3. The Morgan fingerprint density at radius 2 is 1.91 bits per heavy atom.